The lowest BCUT2D eigenvalue weighted by atomic mass is 10.1. The Labute approximate surface area is 122 Å². The summed E-state index contributed by atoms with van der Waals surface area (Å²) in [5.74, 6) is -0.0952. The van der Waals surface area contributed by atoms with Crippen LogP contribution in [-0.2, 0) is 6.42 Å². The molecule has 0 saturated carbocycles. The largest absolute Gasteiger partial charge is 0.349 e. The quantitative estimate of drug-likeness (QED) is 0.828. The summed E-state index contributed by atoms with van der Waals surface area (Å²) in [4.78, 5) is 16.4. The lowest BCUT2D eigenvalue weighted by Crippen LogP contribution is -2.34. The number of aromatic nitrogens is 3. The van der Waals surface area contributed by atoms with E-state index in [0.717, 1.165) is 16.4 Å². The number of aryl methyl sites for hydroxylation is 1. The van der Waals surface area contributed by atoms with E-state index < -0.39 is 0 Å². The van der Waals surface area contributed by atoms with Gasteiger partial charge < -0.3 is 5.32 Å². The van der Waals surface area contributed by atoms with Crippen molar-refractivity contribution in [1.82, 2.24) is 20.5 Å². The number of nitrogens with zero attached hydrogens (tertiary/aromatic N) is 2. The molecule has 1 atom stereocenters. The molecule has 2 aromatic rings. The highest BCUT2D eigenvalue weighted by Gasteiger charge is 2.15. The van der Waals surface area contributed by atoms with E-state index in [1.54, 1.807) is 18.3 Å². The van der Waals surface area contributed by atoms with Crippen LogP contribution in [0, 0.1) is 6.92 Å². The summed E-state index contributed by atoms with van der Waals surface area (Å²) in [6.07, 6.45) is 4.30. The van der Waals surface area contributed by atoms with Crippen molar-refractivity contribution in [3.63, 3.8) is 0 Å². The van der Waals surface area contributed by atoms with Crippen LogP contribution in [0.4, 0.5) is 0 Å². The summed E-state index contributed by atoms with van der Waals surface area (Å²) in [5, 5.41) is 10.8. The Hall–Kier alpha value is -1.82. The molecular formula is C14H18N4OS. The third kappa shape index (κ3) is 3.60. The molecule has 1 amide bonds. The molecule has 0 aliphatic heterocycles. The molecule has 0 aliphatic carbocycles. The molecule has 2 N–H and O–H groups in total. The Morgan fingerprint density at radius 2 is 2.35 bits per heavy atom. The second-order valence-corrected chi connectivity index (χ2v) is 5.48. The molecule has 0 saturated heterocycles. The SMILES string of the molecule is CSc1ncccc1C(=O)N[C@H](C)Cc1cc(C)[nH]n1. The predicted molar refractivity (Wildman–Crippen MR) is 80.0 cm³/mol. The van der Waals surface area contributed by atoms with Gasteiger partial charge in [-0.15, -0.1) is 11.8 Å². The topological polar surface area (TPSA) is 70.7 Å². The number of carbonyl (C=O) groups excluding carboxylic acids is 1. The molecule has 0 spiro atoms. The van der Waals surface area contributed by atoms with Crippen LogP contribution in [0.3, 0.4) is 0 Å². The van der Waals surface area contributed by atoms with Gasteiger partial charge in [0.2, 0.25) is 0 Å². The van der Waals surface area contributed by atoms with E-state index in [1.165, 1.54) is 11.8 Å². The Kier molecular flexibility index (Phi) is 4.79. The van der Waals surface area contributed by atoms with E-state index in [0.29, 0.717) is 12.0 Å². The van der Waals surface area contributed by atoms with Crippen molar-refractivity contribution in [1.29, 1.82) is 0 Å². The lowest BCUT2D eigenvalue weighted by molar-refractivity contribution is 0.0936. The minimum absolute atomic E-state index is 0.0140. The fourth-order valence-electron chi connectivity index (χ4n) is 1.97. The zero-order valence-electron chi connectivity index (χ0n) is 11.8. The van der Waals surface area contributed by atoms with E-state index >= 15 is 0 Å². The van der Waals surface area contributed by atoms with Crippen molar-refractivity contribution >= 4 is 17.7 Å². The molecule has 2 aromatic heterocycles. The first-order valence-electron chi connectivity index (χ1n) is 6.41. The average Bonchev–Trinajstić information content (AvgIpc) is 2.83. The molecule has 0 bridgehead atoms. The molecule has 2 rings (SSSR count). The predicted octanol–water partition coefficient (Wildman–Crippen LogP) is 2.20. The van der Waals surface area contributed by atoms with E-state index in [-0.39, 0.29) is 11.9 Å². The van der Waals surface area contributed by atoms with Crippen LogP contribution >= 0.6 is 11.8 Å². The van der Waals surface area contributed by atoms with Crippen LogP contribution in [0.1, 0.15) is 28.7 Å². The van der Waals surface area contributed by atoms with Gasteiger partial charge in [0, 0.05) is 24.4 Å². The van der Waals surface area contributed by atoms with Gasteiger partial charge >= 0.3 is 0 Å². The van der Waals surface area contributed by atoms with Crippen LogP contribution in [-0.4, -0.2) is 33.4 Å². The van der Waals surface area contributed by atoms with E-state index in [9.17, 15) is 4.79 Å². The molecule has 0 fully saturated rings. The molecule has 2 heterocycles. The number of pyridine rings is 1. The monoisotopic (exact) mass is 290 g/mol. The summed E-state index contributed by atoms with van der Waals surface area (Å²) in [6.45, 7) is 3.93. The van der Waals surface area contributed by atoms with Gasteiger partial charge in [-0.3, -0.25) is 9.89 Å². The van der Waals surface area contributed by atoms with E-state index in [1.807, 2.05) is 26.2 Å². The number of thioether (sulfide) groups is 1. The second kappa shape index (κ2) is 6.56. The zero-order chi connectivity index (χ0) is 14.5. The van der Waals surface area contributed by atoms with E-state index in [4.69, 9.17) is 0 Å². The minimum Gasteiger partial charge on any atom is -0.349 e. The second-order valence-electron chi connectivity index (χ2n) is 4.68. The molecule has 106 valence electrons. The number of hydrogen-bond acceptors (Lipinski definition) is 4. The summed E-state index contributed by atoms with van der Waals surface area (Å²) in [6, 6.07) is 5.57. The highest BCUT2D eigenvalue weighted by Crippen LogP contribution is 2.16. The Bertz CT molecular complexity index is 596. The Balaban J connectivity index is 2.00. The summed E-state index contributed by atoms with van der Waals surface area (Å²) in [7, 11) is 0. The van der Waals surface area contributed by atoms with Crippen molar-refractivity contribution in [3.8, 4) is 0 Å². The summed E-state index contributed by atoms with van der Waals surface area (Å²) < 4.78 is 0. The standard InChI is InChI=1S/C14H18N4OS/c1-9(7-11-8-10(2)17-18-11)16-13(19)12-5-4-6-15-14(12)20-3/h4-6,8-9H,7H2,1-3H3,(H,16,19)(H,17,18)/t9-/m1/s1. The smallest absolute Gasteiger partial charge is 0.254 e. The number of aromatic amines is 1. The number of hydrogen-bond donors (Lipinski definition) is 2. The van der Waals surface area contributed by atoms with Crippen molar-refractivity contribution < 1.29 is 4.79 Å². The first-order chi connectivity index (χ1) is 9.60. The van der Waals surface area contributed by atoms with Crippen LogP contribution in [0.5, 0.6) is 0 Å². The zero-order valence-corrected chi connectivity index (χ0v) is 12.6. The molecule has 5 nitrogen and oxygen atoms in total. The van der Waals surface area contributed by atoms with Crippen LogP contribution < -0.4 is 5.32 Å². The van der Waals surface area contributed by atoms with Crippen molar-refractivity contribution in [2.75, 3.05) is 6.26 Å². The van der Waals surface area contributed by atoms with Gasteiger partial charge in [0.15, 0.2) is 0 Å². The van der Waals surface area contributed by atoms with Gasteiger partial charge in [-0.1, -0.05) is 0 Å². The first-order valence-corrected chi connectivity index (χ1v) is 7.63. The Morgan fingerprint density at radius 3 is 3.00 bits per heavy atom. The normalized spacial score (nSPS) is 12.2. The highest BCUT2D eigenvalue weighted by atomic mass is 32.2. The van der Waals surface area contributed by atoms with Gasteiger partial charge in [0.05, 0.1) is 11.3 Å². The van der Waals surface area contributed by atoms with E-state index in [2.05, 4.69) is 20.5 Å². The van der Waals surface area contributed by atoms with Crippen molar-refractivity contribution in [2.45, 2.75) is 31.3 Å². The average molecular weight is 290 g/mol. The van der Waals surface area contributed by atoms with Crippen LogP contribution in [0.2, 0.25) is 0 Å². The van der Waals surface area contributed by atoms with Crippen molar-refractivity contribution in [3.05, 3.63) is 41.3 Å². The molecule has 0 aromatic carbocycles. The molecule has 20 heavy (non-hydrogen) atoms. The van der Waals surface area contributed by atoms with Gasteiger partial charge in [-0.25, -0.2) is 4.98 Å². The number of nitrogens with one attached hydrogen (secondary N) is 2. The maximum absolute atomic E-state index is 12.2. The molecular weight excluding hydrogens is 272 g/mol. The summed E-state index contributed by atoms with van der Waals surface area (Å²) >= 11 is 1.47. The van der Waals surface area contributed by atoms with Gasteiger partial charge in [-0.05, 0) is 38.3 Å². The molecule has 0 aliphatic rings. The maximum Gasteiger partial charge on any atom is 0.254 e. The van der Waals surface area contributed by atoms with Crippen LogP contribution in [0.15, 0.2) is 29.4 Å². The van der Waals surface area contributed by atoms with Crippen LogP contribution in [0.25, 0.3) is 0 Å². The third-order valence-corrected chi connectivity index (χ3v) is 3.57. The fraction of sp³-hybridized carbons (Fsp3) is 0.357. The fourth-order valence-corrected chi connectivity index (χ4v) is 2.52. The third-order valence-electron chi connectivity index (χ3n) is 2.86. The van der Waals surface area contributed by atoms with Gasteiger partial charge in [0.1, 0.15) is 5.03 Å². The molecule has 0 unspecified atom stereocenters. The highest BCUT2D eigenvalue weighted by molar-refractivity contribution is 7.98. The van der Waals surface area contributed by atoms with Crippen molar-refractivity contribution in [2.24, 2.45) is 0 Å². The Morgan fingerprint density at radius 1 is 1.55 bits per heavy atom. The number of amides is 1. The maximum atomic E-state index is 12.2. The lowest BCUT2D eigenvalue weighted by Gasteiger charge is -2.13. The van der Waals surface area contributed by atoms with Gasteiger partial charge in [-0.2, -0.15) is 5.10 Å². The first kappa shape index (κ1) is 14.6. The summed E-state index contributed by atoms with van der Waals surface area (Å²) in [5.41, 5.74) is 2.59. The minimum atomic E-state index is -0.0952. The number of H-pyrrole nitrogens is 1. The number of rotatable bonds is 5. The molecule has 0 radical (unpaired) electrons. The number of carbonyl (C=O) groups is 1. The van der Waals surface area contributed by atoms with Gasteiger partial charge in [0.25, 0.3) is 5.91 Å². The molecule has 6 heteroatoms.